The zero-order valence-corrected chi connectivity index (χ0v) is 11.0. The van der Waals surface area contributed by atoms with E-state index in [2.05, 4.69) is 25.4 Å². The van der Waals surface area contributed by atoms with E-state index in [0.29, 0.717) is 0 Å². The van der Waals surface area contributed by atoms with Gasteiger partial charge in [-0.1, -0.05) is 0 Å². The maximum absolute atomic E-state index is 8.88. The summed E-state index contributed by atoms with van der Waals surface area (Å²) >= 11 is -0.380. The topological polar surface area (TPSA) is 77.8 Å². The second-order valence-corrected chi connectivity index (χ2v) is 7.18. The van der Waals surface area contributed by atoms with E-state index in [9.17, 15) is 0 Å². The van der Waals surface area contributed by atoms with E-state index in [1.807, 2.05) is 0 Å². The molecule has 0 spiro atoms. The van der Waals surface area contributed by atoms with Gasteiger partial charge in [-0.2, -0.15) is 0 Å². The molecule has 1 aliphatic heterocycles. The van der Waals surface area contributed by atoms with Gasteiger partial charge in [0.15, 0.2) is 0 Å². The smallest absolute Gasteiger partial charge is 0.303 e. The monoisotopic (exact) mass is 368 g/mol. The van der Waals surface area contributed by atoms with Gasteiger partial charge in [0, 0.05) is 0 Å². The van der Waals surface area contributed by atoms with Gasteiger partial charge >= 0.3 is 57.0 Å². The Kier molecular flexibility index (Phi) is 6.17. The Morgan fingerprint density at radius 2 is 1.64 bits per heavy atom. The Hall–Kier alpha value is 0.382. The summed E-state index contributed by atoms with van der Waals surface area (Å²) in [7, 11) is -4.64. The fraction of sp³-hybridized carbons (Fsp3) is 0. The van der Waals surface area contributed by atoms with E-state index < -0.39 is 7.82 Å². The molecule has 0 unspecified atom stereocenters. The third kappa shape index (κ3) is 17.9. The van der Waals surface area contributed by atoms with Gasteiger partial charge in [-0.25, -0.2) is 4.57 Å². The van der Waals surface area contributed by atoms with Crippen LogP contribution >= 0.6 is 7.82 Å². The minimum absolute atomic E-state index is 0.380. The summed E-state index contributed by atoms with van der Waals surface area (Å²) in [5, 5.41) is 0. The average molecular weight is 367 g/mol. The molecule has 0 aromatic rings. The van der Waals surface area contributed by atoms with Crippen molar-refractivity contribution in [2.24, 2.45) is 0 Å². The van der Waals surface area contributed by atoms with E-state index in [4.69, 9.17) is 19.2 Å². The van der Waals surface area contributed by atoms with Gasteiger partial charge in [-0.3, -0.25) is 0 Å². The zero-order valence-electron chi connectivity index (χ0n) is 5.66. The molecule has 0 radical (unpaired) electrons. The largest absolute Gasteiger partial charge is 0.466 e. The molecule has 4 nitrogen and oxygen atoms in total. The van der Waals surface area contributed by atoms with Gasteiger partial charge in [0.25, 0.3) is 0 Å². The number of hydrogen-bond acceptors (Lipinski definition) is 1. The van der Waals surface area contributed by atoms with Crippen LogP contribution in [0.4, 0.5) is 0 Å². The van der Waals surface area contributed by atoms with Crippen molar-refractivity contribution in [3.63, 3.8) is 0 Å². The van der Waals surface area contributed by atoms with E-state index in [1.54, 1.807) is 0 Å². The maximum Gasteiger partial charge on any atom is 0.466 e. The molecular formula is C5H8O4PTl. The third-order valence-electron chi connectivity index (χ3n) is 0.667. The van der Waals surface area contributed by atoms with Crippen molar-refractivity contribution >= 4 is 35.1 Å². The van der Waals surface area contributed by atoms with Crippen LogP contribution in [0.2, 0.25) is 0 Å². The summed E-state index contributed by atoms with van der Waals surface area (Å²) in [4.78, 5) is 21.6. The summed E-state index contributed by atoms with van der Waals surface area (Å²) in [6, 6.07) is 0. The molecule has 1 aliphatic rings. The number of phosphoric acid groups is 1. The van der Waals surface area contributed by atoms with Crippen molar-refractivity contribution in [3.05, 3.63) is 21.9 Å². The van der Waals surface area contributed by atoms with E-state index in [0.717, 1.165) is 0 Å². The molecule has 0 aromatic heterocycles. The summed E-state index contributed by atoms with van der Waals surface area (Å²) in [5.74, 6) is 0. The fourth-order valence-corrected chi connectivity index (χ4v) is 2.88. The molecule has 3 N–H and O–H groups in total. The van der Waals surface area contributed by atoms with Crippen LogP contribution in [0.3, 0.4) is 0 Å². The van der Waals surface area contributed by atoms with Crippen molar-refractivity contribution in [1.29, 1.82) is 0 Å². The molecule has 0 aromatic carbocycles. The maximum atomic E-state index is 8.88. The van der Waals surface area contributed by atoms with Gasteiger partial charge in [0.05, 0.1) is 0 Å². The van der Waals surface area contributed by atoms with Crippen LogP contribution in [0, 0.1) is 0 Å². The first-order valence-electron chi connectivity index (χ1n) is 2.78. The quantitative estimate of drug-likeness (QED) is 0.404. The molecule has 0 atom stereocenters. The van der Waals surface area contributed by atoms with Crippen molar-refractivity contribution in [2.45, 2.75) is 0 Å². The van der Waals surface area contributed by atoms with E-state index in [-0.39, 0.29) is 23.7 Å². The van der Waals surface area contributed by atoms with E-state index in [1.165, 1.54) is 0 Å². The van der Waals surface area contributed by atoms with Crippen LogP contribution in [-0.2, 0) is 4.57 Å². The Balaban J connectivity index is 0.000000187. The van der Waals surface area contributed by atoms with Crippen LogP contribution in [0.5, 0.6) is 0 Å². The van der Waals surface area contributed by atoms with Crippen molar-refractivity contribution in [2.75, 3.05) is 0 Å². The summed E-state index contributed by atoms with van der Waals surface area (Å²) in [6.07, 6.45) is 6.38. The first kappa shape index (κ1) is 11.4. The minimum Gasteiger partial charge on any atom is -0.303 e. The van der Waals surface area contributed by atoms with E-state index >= 15 is 0 Å². The fourth-order valence-electron chi connectivity index (χ4n) is 0.385. The molecule has 0 saturated heterocycles. The van der Waals surface area contributed by atoms with Crippen LogP contribution in [0.1, 0.15) is 0 Å². The standard InChI is InChI=1S/C5H5.H3O4P.Tl/c1-3-5-4-2;1-5(2,3)4;/h1-5H;(H3,1,2,3,4);. The average Bonchev–Trinajstić information content (AvgIpc) is 1.88. The predicted octanol–water partition coefficient (Wildman–Crippen LogP) is -0.352. The molecule has 0 saturated carbocycles. The summed E-state index contributed by atoms with van der Waals surface area (Å²) in [5.41, 5.74) is 0. The van der Waals surface area contributed by atoms with Crippen LogP contribution in [-0.4, -0.2) is 42.0 Å². The zero-order chi connectivity index (χ0) is 8.74. The molecule has 0 bridgehead atoms. The van der Waals surface area contributed by atoms with Gasteiger partial charge in [-0.15, -0.1) is 0 Å². The second-order valence-electron chi connectivity index (χ2n) is 1.67. The number of rotatable bonds is 0. The molecule has 0 fully saturated rings. The molecular weight excluding hydrogens is 359 g/mol. The predicted molar refractivity (Wildman–Crippen MR) is 44.4 cm³/mol. The van der Waals surface area contributed by atoms with Crippen molar-refractivity contribution in [3.8, 4) is 0 Å². The third-order valence-corrected chi connectivity index (χ3v) is 4.12. The molecule has 0 aliphatic carbocycles. The number of hydrogen-bond donors (Lipinski definition) is 3. The van der Waals surface area contributed by atoms with Crippen molar-refractivity contribution in [1.82, 2.24) is 0 Å². The number of allylic oxidation sites excluding steroid dienone is 3. The molecule has 6 heteroatoms. The Bertz CT molecular complexity index is 183. The van der Waals surface area contributed by atoms with Gasteiger partial charge in [-0.05, 0) is 0 Å². The van der Waals surface area contributed by atoms with Gasteiger partial charge in [0.1, 0.15) is 0 Å². The molecule has 11 heavy (non-hydrogen) atoms. The Morgan fingerprint density at radius 3 is 1.73 bits per heavy atom. The second kappa shape index (κ2) is 5.96. The molecule has 60 valence electrons. The summed E-state index contributed by atoms with van der Waals surface area (Å²) in [6.45, 7) is 0. The molecule has 1 heterocycles. The SMILES string of the molecule is C1=C[CH]=[Tl][CH]=C1.O=P(O)(O)O. The van der Waals surface area contributed by atoms with Crippen LogP contribution < -0.4 is 0 Å². The van der Waals surface area contributed by atoms with Crippen molar-refractivity contribution < 1.29 is 19.2 Å². The van der Waals surface area contributed by atoms with Gasteiger partial charge in [0.2, 0.25) is 0 Å². The Morgan fingerprint density at radius 1 is 1.09 bits per heavy atom. The van der Waals surface area contributed by atoms with Gasteiger partial charge < -0.3 is 14.7 Å². The molecule has 1 rings (SSSR count). The Labute approximate surface area is 76.2 Å². The van der Waals surface area contributed by atoms with Crippen LogP contribution in [0.25, 0.3) is 0 Å². The first-order valence-corrected chi connectivity index (χ1v) is 9.53. The normalized spacial score (nSPS) is 13.4. The first-order chi connectivity index (χ1) is 5.00. The molecule has 0 amide bonds. The minimum atomic E-state index is -4.64. The van der Waals surface area contributed by atoms with Crippen LogP contribution in [0.15, 0.2) is 21.9 Å². The summed E-state index contributed by atoms with van der Waals surface area (Å²) < 4.78 is 13.5.